The third kappa shape index (κ3) is 0.586. The van der Waals surface area contributed by atoms with E-state index in [1.807, 2.05) is 0 Å². The summed E-state index contributed by atoms with van der Waals surface area (Å²) in [5.74, 6) is 1.93. The van der Waals surface area contributed by atoms with Gasteiger partial charge in [-0.05, 0) is 11.8 Å². The lowest BCUT2D eigenvalue weighted by Crippen LogP contribution is -1.95. The predicted molar refractivity (Wildman–Crippen MR) is 34.7 cm³/mol. The molecule has 2 aliphatic rings. The van der Waals surface area contributed by atoms with E-state index in [1.165, 1.54) is 32.1 Å². The van der Waals surface area contributed by atoms with Crippen LogP contribution in [0.5, 0.6) is 0 Å². The first-order valence-electron chi connectivity index (χ1n) is 4.36. The van der Waals surface area contributed by atoms with Gasteiger partial charge in [-0.1, -0.05) is 38.5 Å². The minimum absolute atomic E-state index is 0.306. The van der Waals surface area contributed by atoms with Crippen LogP contribution in [0.1, 0.15) is 39.9 Å². The molecule has 0 spiro atoms. The lowest BCUT2D eigenvalue weighted by molar-refractivity contribution is 0.457. The Labute approximate surface area is 52.7 Å². The van der Waals surface area contributed by atoms with Crippen LogP contribution in [0.15, 0.2) is 0 Å². The van der Waals surface area contributed by atoms with Crippen molar-refractivity contribution in [2.45, 2.75) is 38.5 Å². The summed E-state index contributed by atoms with van der Waals surface area (Å²) in [6.45, 7) is 0. The molecule has 2 fully saturated rings. The molecule has 0 radical (unpaired) electrons. The minimum Gasteiger partial charge on any atom is -0.0528 e. The van der Waals surface area contributed by atoms with Crippen molar-refractivity contribution in [2.24, 2.45) is 11.8 Å². The second-order valence-corrected chi connectivity index (χ2v) is 3.21. The summed E-state index contributed by atoms with van der Waals surface area (Å²) >= 11 is 0. The molecule has 2 atom stereocenters. The average Bonchev–Trinajstić information content (AvgIpc) is 2.22. The van der Waals surface area contributed by atoms with Crippen LogP contribution in [0.3, 0.4) is 0 Å². The van der Waals surface area contributed by atoms with Crippen LogP contribution in [0.2, 0.25) is 0 Å². The quantitative estimate of drug-likeness (QED) is 0.450. The molecule has 2 aliphatic carbocycles. The highest BCUT2D eigenvalue weighted by Gasteiger charge is 2.30. The van der Waals surface area contributed by atoms with Gasteiger partial charge in [0.2, 0.25) is 0 Å². The summed E-state index contributed by atoms with van der Waals surface area (Å²) in [6, 6.07) is 0. The zero-order valence-corrected chi connectivity index (χ0v) is 5.27. The maximum atomic E-state index is 7.53. The van der Waals surface area contributed by atoms with Crippen LogP contribution < -0.4 is 0 Å². The van der Waals surface area contributed by atoms with E-state index in [-0.39, 0.29) is 0 Å². The van der Waals surface area contributed by atoms with E-state index >= 15 is 0 Å². The normalized spacial score (nSPS) is 56.0. The zero-order valence-electron chi connectivity index (χ0n) is 6.27. The first kappa shape index (κ1) is 3.92. The Morgan fingerprint density at radius 1 is 1.00 bits per heavy atom. The molecule has 0 aromatic heterocycles. The predicted octanol–water partition coefficient (Wildman–Crippen LogP) is 2.59. The monoisotopic (exact) mass is 111 g/mol. The summed E-state index contributed by atoms with van der Waals surface area (Å²) in [4.78, 5) is 0. The molecule has 0 aromatic rings. The van der Waals surface area contributed by atoms with Gasteiger partial charge in [0.05, 0.1) is 0 Å². The Morgan fingerprint density at radius 2 is 1.62 bits per heavy atom. The molecule has 0 amide bonds. The van der Waals surface area contributed by atoms with Crippen molar-refractivity contribution in [2.75, 3.05) is 0 Å². The van der Waals surface area contributed by atoms with Crippen LogP contribution in [-0.2, 0) is 0 Å². The summed E-state index contributed by atoms with van der Waals surface area (Å²) in [6.07, 6.45) is 7.04. The van der Waals surface area contributed by atoms with Gasteiger partial charge in [-0.15, -0.1) is 0 Å². The molecule has 46 valence electrons. The van der Waals surface area contributed by atoms with E-state index in [1.54, 1.807) is 0 Å². The molecular formula is C8H14. The van der Waals surface area contributed by atoms with Crippen molar-refractivity contribution < 1.29 is 1.37 Å². The Hall–Kier alpha value is 0. The van der Waals surface area contributed by atoms with E-state index in [9.17, 15) is 0 Å². The maximum absolute atomic E-state index is 7.53. The lowest BCUT2D eigenvalue weighted by atomic mass is 10.0. The molecule has 0 N–H and O–H groups in total. The Balaban J connectivity index is 2.02. The van der Waals surface area contributed by atoms with Gasteiger partial charge in [0.1, 0.15) is 0 Å². The Morgan fingerprint density at radius 3 is 2.25 bits per heavy atom. The van der Waals surface area contributed by atoms with Gasteiger partial charge < -0.3 is 0 Å². The van der Waals surface area contributed by atoms with Gasteiger partial charge in [-0.3, -0.25) is 0 Å². The van der Waals surface area contributed by atoms with E-state index in [2.05, 4.69) is 0 Å². The number of rotatable bonds is 0. The minimum atomic E-state index is 0.306. The maximum Gasteiger partial charge on any atom is 0.0267 e. The smallest absolute Gasteiger partial charge is 0.0267 e. The molecule has 0 aliphatic heterocycles. The molecule has 2 rings (SSSR count). The highest BCUT2D eigenvalue weighted by atomic mass is 14.4. The average molecular weight is 111 g/mol. The van der Waals surface area contributed by atoms with E-state index < -0.39 is 0 Å². The number of fused-ring (bicyclic) bond motifs is 1. The summed E-state index contributed by atoms with van der Waals surface area (Å²) in [5.41, 5.74) is 0. The molecule has 8 heavy (non-hydrogen) atoms. The highest BCUT2D eigenvalue weighted by Crippen LogP contribution is 2.43. The molecule has 0 saturated heterocycles. The van der Waals surface area contributed by atoms with Gasteiger partial charge in [0.25, 0.3) is 0 Å². The third-order valence-corrected chi connectivity index (χ3v) is 2.76. The van der Waals surface area contributed by atoms with Crippen LogP contribution in [-0.4, -0.2) is 0 Å². The molecular weight excluding hydrogens is 96.1 g/mol. The second-order valence-electron chi connectivity index (χ2n) is 3.21. The fourth-order valence-electron chi connectivity index (χ4n) is 2.26. The molecule has 2 saturated carbocycles. The van der Waals surface area contributed by atoms with Gasteiger partial charge in [-0.25, -0.2) is 0 Å². The van der Waals surface area contributed by atoms with E-state index in [4.69, 9.17) is 1.37 Å². The lowest BCUT2D eigenvalue weighted by Gasteiger charge is -2.04. The Bertz CT molecular complexity index is 99.1. The first-order chi connectivity index (χ1) is 4.36. The molecule has 0 aromatic carbocycles. The van der Waals surface area contributed by atoms with Crippen molar-refractivity contribution in [1.29, 1.82) is 0 Å². The summed E-state index contributed by atoms with van der Waals surface area (Å²) in [7, 11) is 0. The van der Waals surface area contributed by atoms with Gasteiger partial charge >= 0.3 is 0 Å². The van der Waals surface area contributed by atoms with Crippen molar-refractivity contribution in [1.82, 2.24) is 0 Å². The third-order valence-electron chi connectivity index (χ3n) is 2.76. The van der Waals surface area contributed by atoms with Crippen LogP contribution in [0.4, 0.5) is 0 Å². The summed E-state index contributed by atoms with van der Waals surface area (Å²) < 4.78 is 7.53. The van der Waals surface area contributed by atoms with Gasteiger partial charge in [-0.2, -0.15) is 0 Å². The van der Waals surface area contributed by atoms with Crippen LogP contribution >= 0.6 is 0 Å². The number of hydrogen-bond acceptors (Lipinski definition) is 0. The highest BCUT2D eigenvalue weighted by molar-refractivity contribution is 4.82. The summed E-state index contributed by atoms with van der Waals surface area (Å²) in [5, 5.41) is 0. The van der Waals surface area contributed by atoms with Gasteiger partial charge in [0, 0.05) is 1.37 Å². The second kappa shape index (κ2) is 1.75. The molecule has 0 heteroatoms. The van der Waals surface area contributed by atoms with E-state index in [0.29, 0.717) is 6.40 Å². The largest absolute Gasteiger partial charge is 0.0528 e. The van der Waals surface area contributed by atoms with E-state index in [0.717, 1.165) is 11.8 Å². The fraction of sp³-hybridized carbons (Fsp3) is 1.00. The van der Waals surface area contributed by atoms with Crippen molar-refractivity contribution in [3.8, 4) is 0 Å². The molecule has 2 unspecified atom stereocenters. The number of hydrogen-bond donors (Lipinski definition) is 0. The fourth-order valence-corrected chi connectivity index (χ4v) is 2.26. The molecule has 0 heterocycles. The van der Waals surface area contributed by atoms with Crippen molar-refractivity contribution in [3.05, 3.63) is 0 Å². The molecule has 0 nitrogen and oxygen atoms in total. The van der Waals surface area contributed by atoms with Gasteiger partial charge in [0.15, 0.2) is 0 Å². The zero-order chi connectivity index (χ0) is 6.27. The Kier molecular flexibility index (Phi) is 0.857. The standard InChI is InChI=1S/C8H14/c1-3-7-5-2-6-8(7)4-1/h7-8H,1-6H2/i1D. The van der Waals surface area contributed by atoms with Crippen LogP contribution in [0, 0.1) is 11.8 Å². The van der Waals surface area contributed by atoms with Crippen molar-refractivity contribution in [3.63, 3.8) is 0 Å². The molecule has 0 bridgehead atoms. The first-order valence-corrected chi connectivity index (χ1v) is 3.78. The topological polar surface area (TPSA) is 0 Å². The van der Waals surface area contributed by atoms with Crippen molar-refractivity contribution >= 4 is 0 Å². The SMILES string of the molecule is [2H]C1CC2CCCC2C1. The van der Waals surface area contributed by atoms with Crippen LogP contribution in [0.25, 0.3) is 0 Å².